The van der Waals surface area contributed by atoms with Crippen LogP contribution in [0.5, 0.6) is 0 Å². The second-order valence-corrected chi connectivity index (χ2v) is 4.46. The lowest BCUT2D eigenvalue weighted by atomic mass is 9.82. The van der Waals surface area contributed by atoms with Gasteiger partial charge in [-0.15, -0.1) is 0 Å². The van der Waals surface area contributed by atoms with Gasteiger partial charge in [0, 0.05) is 0 Å². The van der Waals surface area contributed by atoms with Crippen LogP contribution in [0.25, 0.3) is 0 Å². The van der Waals surface area contributed by atoms with Crippen LogP contribution >= 0.6 is 0 Å². The van der Waals surface area contributed by atoms with Crippen LogP contribution < -0.4 is 0 Å². The van der Waals surface area contributed by atoms with Gasteiger partial charge in [-0.05, 0) is 32.1 Å². The van der Waals surface area contributed by atoms with E-state index < -0.39 is 23.3 Å². The third kappa shape index (κ3) is 3.48. The number of carbonyl (C=O) groups is 1. The molecule has 0 aliphatic heterocycles. The highest BCUT2D eigenvalue weighted by Gasteiger charge is 2.42. The van der Waals surface area contributed by atoms with E-state index in [0.29, 0.717) is 19.3 Å². The molecule has 1 aliphatic carbocycles. The second-order valence-electron chi connectivity index (χ2n) is 4.46. The van der Waals surface area contributed by atoms with Gasteiger partial charge < -0.3 is 4.74 Å². The molecule has 0 bridgehead atoms. The fraction of sp³-hybridized carbons (Fsp3) is 0.750. The van der Waals surface area contributed by atoms with Gasteiger partial charge in [-0.2, -0.15) is 13.2 Å². The minimum absolute atomic E-state index is 0.546. The smallest absolute Gasteiger partial charge is 0.422 e. The summed E-state index contributed by atoms with van der Waals surface area (Å²) in [4.78, 5) is 11.4. The maximum absolute atomic E-state index is 12.3. The third-order valence-corrected chi connectivity index (χ3v) is 3.31. The van der Waals surface area contributed by atoms with Crippen molar-refractivity contribution in [2.75, 3.05) is 0 Å². The van der Waals surface area contributed by atoms with Crippen molar-refractivity contribution in [3.8, 4) is 0 Å². The Kier molecular flexibility index (Phi) is 4.22. The first-order chi connectivity index (χ1) is 7.81. The predicted molar refractivity (Wildman–Crippen MR) is 57.4 cm³/mol. The Balaban J connectivity index is 2.68. The molecule has 0 atom stereocenters. The zero-order valence-corrected chi connectivity index (χ0v) is 9.90. The average Bonchev–Trinajstić information content (AvgIpc) is 2.28. The van der Waals surface area contributed by atoms with Gasteiger partial charge >= 0.3 is 12.1 Å². The Morgan fingerprint density at radius 1 is 1.29 bits per heavy atom. The second kappa shape index (κ2) is 5.10. The number of alkyl halides is 3. The standard InChI is InChI=1S/C12H17F3O2/c1-3-11(7-5-4-6-8-11)17-10(16)9(2)12(13,14)15/h2-8H2,1H3. The van der Waals surface area contributed by atoms with Gasteiger partial charge in [0.2, 0.25) is 0 Å². The highest BCUT2D eigenvalue weighted by molar-refractivity contribution is 5.89. The Labute approximate surface area is 98.8 Å². The number of ether oxygens (including phenoxy) is 1. The topological polar surface area (TPSA) is 26.3 Å². The Morgan fingerprint density at radius 2 is 1.82 bits per heavy atom. The molecule has 98 valence electrons. The van der Waals surface area contributed by atoms with Crippen LogP contribution in [-0.4, -0.2) is 17.7 Å². The van der Waals surface area contributed by atoms with Gasteiger partial charge in [0.1, 0.15) is 11.2 Å². The molecule has 17 heavy (non-hydrogen) atoms. The molecule has 0 heterocycles. The third-order valence-electron chi connectivity index (χ3n) is 3.31. The zero-order chi connectivity index (χ0) is 13.1. The van der Waals surface area contributed by atoms with E-state index in [-0.39, 0.29) is 0 Å². The zero-order valence-electron chi connectivity index (χ0n) is 9.90. The van der Waals surface area contributed by atoms with E-state index in [1.54, 1.807) is 0 Å². The summed E-state index contributed by atoms with van der Waals surface area (Å²) in [5.41, 5.74) is -2.14. The van der Waals surface area contributed by atoms with E-state index in [9.17, 15) is 18.0 Å². The van der Waals surface area contributed by atoms with Crippen molar-refractivity contribution in [3.63, 3.8) is 0 Å². The molecule has 2 nitrogen and oxygen atoms in total. The molecule has 0 aromatic rings. The highest BCUT2D eigenvalue weighted by Crippen LogP contribution is 2.36. The van der Waals surface area contributed by atoms with Gasteiger partial charge in [0.05, 0.1) is 0 Å². The van der Waals surface area contributed by atoms with E-state index in [4.69, 9.17) is 4.74 Å². The summed E-state index contributed by atoms with van der Waals surface area (Å²) in [6.07, 6.45) is -0.0654. The molecule has 0 saturated heterocycles. The van der Waals surface area contributed by atoms with Crippen molar-refractivity contribution in [1.29, 1.82) is 0 Å². The van der Waals surface area contributed by atoms with Gasteiger partial charge in [0.15, 0.2) is 0 Å². The first-order valence-corrected chi connectivity index (χ1v) is 5.80. The minimum Gasteiger partial charge on any atom is -0.456 e. The predicted octanol–water partition coefficient (Wildman–Crippen LogP) is 3.76. The van der Waals surface area contributed by atoms with E-state index in [2.05, 4.69) is 6.58 Å². The molecule has 0 aromatic heterocycles. The SMILES string of the molecule is C=C(C(=O)OC1(CC)CCCCC1)C(F)(F)F. The van der Waals surface area contributed by atoms with Crippen molar-refractivity contribution in [3.05, 3.63) is 12.2 Å². The molecule has 0 N–H and O–H groups in total. The molecule has 0 spiro atoms. The fourth-order valence-electron chi connectivity index (χ4n) is 2.10. The van der Waals surface area contributed by atoms with Crippen molar-refractivity contribution >= 4 is 5.97 Å². The number of hydrogen-bond donors (Lipinski definition) is 0. The Morgan fingerprint density at radius 3 is 2.24 bits per heavy atom. The van der Waals surface area contributed by atoms with Crippen molar-refractivity contribution in [2.45, 2.75) is 57.2 Å². The Bertz CT molecular complexity index is 301. The van der Waals surface area contributed by atoms with Crippen molar-refractivity contribution in [1.82, 2.24) is 0 Å². The lowest BCUT2D eigenvalue weighted by Gasteiger charge is -2.36. The molecule has 0 aromatic carbocycles. The number of esters is 1. The largest absolute Gasteiger partial charge is 0.456 e. The molecule has 0 radical (unpaired) electrons. The number of halogens is 3. The number of rotatable bonds is 3. The van der Waals surface area contributed by atoms with Gasteiger partial charge in [-0.3, -0.25) is 0 Å². The van der Waals surface area contributed by atoms with Crippen LogP contribution in [0.2, 0.25) is 0 Å². The molecular formula is C12H17F3O2. The summed E-state index contributed by atoms with van der Waals surface area (Å²) < 4.78 is 41.9. The summed E-state index contributed by atoms with van der Waals surface area (Å²) in [5, 5.41) is 0. The van der Waals surface area contributed by atoms with E-state index in [1.165, 1.54) is 0 Å². The summed E-state index contributed by atoms with van der Waals surface area (Å²) in [7, 11) is 0. The monoisotopic (exact) mass is 250 g/mol. The number of hydrogen-bond acceptors (Lipinski definition) is 2. The Hall–Kier alpha value is -1.00. The van der Waals surface area contributed by atoms with Crippen LogP contribution in [0.1, 0.15) is 45.4 Å². The maximum Gasteiger partial charge on any atom is 0.422 e. The molecule has 5 heteroatoms. The minimum atomic E-state index is -4.71. The van der Waals surface area contributed by atoms with E-state index in [0.717, 1.165) is 19.3 Å². The molecule has 0 unspecified atom stereocenters. The maximum atomic E-state index is 12.3. The van der Waals surface area contributed by atoms with Crippen LogP contribution in [0, 0.1) is 0 Å². The van der Waals surface area contributed by atoms with Crippen molar-refractivity contribution < 1.29 is 22.7 Å². The van der Waals surface area contributed by atoms with E-state index >= 15 is 0 Å². The molecule has 1 rings (SSSR count). The number of carbonyl (C=O) groups excluding carboxylic acids is 1. The summed E-state index contributed by atoms with van der Waals surface area (Å²) >= 11 is 0. The summed E-state index contributed by atoms with van der Waals surface area (Å²) in [5.74, 6) is -1.33. The fourth-order valence-corrected chi connectivity index (χ4v) is 2.10. The lowest BCUT2D eigenvalue weighted by molar-refractivity contribution is -0.168. The lowest BCUT2D eigenvalue weighted by Crippen LogP contribution is -2.38. The van der Waals surface area contributed by atoms with Crippen LogP contribution in [0.4, 0.5) is 13.2 Å². The van der Waals surface area contributed by atoms with Crippen molar-refractivity contribution in [2.24, 2.45) is 0 Å². The van der Waals surface area contributed by atoms with Crippen LogP contribution in [0.3, 0.4) is 0 Å². The highest BCUT2D eigenvalue weighted by atomic mass is 19.4. The summed E-state index contributed by atoms with van der Waals surface area (Å²) in [6.45, 7) is 4.59. The van der Waals surface area contributed by atoms with Gasteiger partial charge in [0.25, 0.3) is 0 Å². The first-order valence-electron chi connectivity index (χ1n) is 5.80. The van der Waals surface area contributed by atoms with Gasteiger partial charge in [-0.25, -0.2) is 4.79 Å². The van der Waals surface area contributed by atoms with Crippen LogP contribution in [0.15, 0.2) is 12.2 Å². The average molecular weight is 250 g/mol. The molecule has 1 aliphatic rings. The summed E-state index contributed by atoms with van der Waals surface area (Å²) in [6, 6.07) is 0. The van der Waals surface area contributed by atoms with E-state index in [1.807, 2.05) is 6.92 Å². The molecule has 1 fully saturated rings. The normalized spacial score (nSPS) is 19.8. The first kappa shape index (κ1) is 14.1. The molecule has 0 amide bonds. The molecular weight excluding hydrogens is 233 g/mol. The van der Waals surface area contributed by atoms with Crippen LogP contribution in [-0.2, 0) is 9.53 Å². The van der Waals surface area contributed by atoms with Gasteiger partial charge in [-0.1, -0.05) is 19.9 Å². The molecule has 1 saturated carbocycles. The quantitative estimate of drug-likeness (QED) is 0.563.